The summed E-state index contributed by atoms with van der Waals surface area (Å²) in [6.45, 7) is 6.47. The second-order valence-electron chi connectivity index (χ2n) is 6.43. The van der Waals surface area contributed by atoms with Crippen LogP contribution in [0.25, 0.3) is 0 Å². The van der Waals surface area contributed by atoms with Crippen LogP contribution in [0.5, 0.6) is 0 Å². The summed E-state index contributed by atoms with van der Waals surface area (Å²) in [5.74, 6) is 0.0466. The molecule has 0 spiro atoms. The van der Waals surface area contributed by atoms with Crippen molar-refractivity contribution in [2.45, 2.75) is 45.3 Å². The summed E-state index contributed by atoms with van der Waals surface area (Å²) < 4.78 is 15.4. The monoisotopic (exact) mass is 297 g/mol. The van der Waals surface area contributed by atoms with Gasteiger partial charge in [0.1, 0.15) is 11.7 Å². The third-order valence-electron chi connectivity index (χ3n) is 3.64. The van der Waals surface area contributed by atoms with Gasteiger partial charge in [-0.3, -0.25) is 0 Å². The van der Waals surface area contributed by atoms with Crippen LogP contribution in [0.15, 0.2) is 11.6 Å². The molecule has 0 aromatic heterocycles. The molecule has 1 heterocycles. The van der Waals surface area contributed by atoms with E-state index in [0.717, 1.165) is 18.4 Å². The molecule has 2 atom stereocenters. The first-order chi connectivity index (χ1) is 9.80. The number of nitrogens with zero attached hydrogens (tertiary/aromatic N) is 1. The summed E-state index contributed by atoms with van der Waals surface area (Å²) in [6, 6.07) is 0. The van der Waals surface area contributed by atoms with Crippen LogP contribution in [-0.4, -0.2) is 49.1 Å². The molecule has 6 heteroatoms. The van der Waals surface area contributed by atoms with Gasteiger partial charge in [-0.05, 0) is 39.2 Å². The minimum absolute atomic E-state index is 0.0466. The second kappa shape index (κ2) is 5.95. The standard InChI is InChI=1S/C15H23NO5/c1-15(2,3)21-14(18)20-12-7-5-6-10-8-16(9-11(10)12)13(17)19-4/h6,11-12H,5,7-9H2,1-4H3. The van der Waals surface area contributed by atoms with Gasteiger partial charge < -0.3 is 19.1 Å². The number of hydrogen-bond donors (Lipinski definition) is 0. The van der Waals surface area contributed by atoms with Crippen molar-refractivity contribution in [3.05, 3.63) is 11.6 Å². The molecular formula is C15H23NO5. The maximum absolute atomic E-state index is 11.8. The molecular weight excluding hydrogens is 274 g/mol. The van der Waals surface area contributed by atoms with Crippen molar-refractivity contribution in [3.8, 4) is 0 Å². The summed E-state index contributed by atoms with van der Waals surface area (Å²) in [6.07, 6.45) is 2.49. The highest BCUT2D eigenvalue weighted by atomic mass is 16.7. The minimum Gasteiger partial charge on any atom is -0.453 e. The number of carbonyl (C=O) groups is 2. The summed E-state index contributed by atoms with van der Waals surface area (Å²) in [7, 11) is 1.37. The highest BCUT2D eigenvalue weighted by Crippen LogP contribution is 2.34. The molecule has 1 aliphatic carbocycles. The maximum Gasteiger partial charge on any atom is 0.509 e. The highest BCUT2D eigenvalue weighted by Gasteiger charge is 2.40. The van der Waals surface area contributed by atoms with Crippen LogP contribution in [0.3, 0.4) is 0 Å². The lowest BCUT2D eigenvalue weighted by atomic mass is 9.87. The predicted octanol–water partition coefficient (Wildman–Crippen LogP) is 2.73. The topological polar surface area (TPSA) is 65.1 Å². The average molecular weight is 297 g/mol. The van der Waals surface area contributed by atoms with Crippen LogP contribution < -0.4 is 0 Å². The van der Waals surface area contributed by atoms with Crippen molar-refractivity contribution < 1.29 is 23.8 Å². The normalized spacial score (nSPS) is 25.0. The van der Waals surface area contributed by atoms with Gasteiger partial charge in [-0.2, -0.15) is 0 Å². The fourth-order valence-electron chi connectivity index (χ4n) is 2.77. The fourth-order valence-corrected chi connectivity index (χ4v) is 2.77. The summed E-state index contributed by atoms with van der Waals surface area (Å²) in [4.78, 5) is 25.1. The molecule has 0 bridgehead atoms. The van der Waals surface area contributed by atoms with E-state index in [2.05, 4.69) is 6.08 Å². The quantitative estimate of drug-likeness (QED) is 0.550. The van der Waals surface area contributed by atoms with Crippen molar-refractivity contribution >= 4 is 12.2 Å². The van der Waals surface area contributed by atoms with E-state index in [-0.39, 0.29) is 18.1 Å². The number of ether oxygens (including phenoxy) is 3. The molecule has 2 unspecified atom stereocenters. The zero-order valence-electron chi connectivity index (χ0n) is 13.0. The lowest BCUT2D eigenvalue weighted by Crippen LogP contribution is -2.35. The molecule has 1 aliphatic heterocycles. The average Bonchev–Trinajstić information content (AvgIpc) is 2.80. The number of allylic oxidation sites excluding steroid dienone is 1. The van der Waals surface area contributed by atoms with Gasteiger partial charge in [0.25, 0.3) is 0 Å². The Balaban J connectivity index is 1.98. The lowest BCUT2D eigenvalue weighted by Gasteiger charge is -2.28. The zero-order chi connectivity index (χ0) is 15.6. The van der Waals surface area contributed by atoms with Gasteiger partial charge >= 0.3 is 12.2 Å². The SMILES string of the molecule is COC(=O)N1CC2=CCCC(OC(=O)OC(C)(C)C)C2C1. The Morgan fingerprint density at radius 3 is 2.67 bits per heavy atom. The van der Waals surface area contributed by atoms with Gasteiger partial charge in [0.05, 0.1) is 7.11 Å². The van der Waals surface area contributed by atoms with E-state index < -0.39 is 11.8 Å². The molecule has 118 valence electrons. The number of methoxy groups -OCH3 is 1. The third kappa shape index (κ3) is 3.89. The highest BCUT2D eigenvalue weighted by molar-refractivity contribution is 5.69. The van der Waals surface area contributed by atoms with Crippen LogP contribution >= 0.6 is 0 Å². The summed E-state index contributed by atoms with van der Waals surface area (Å²) in [5, 5.41) is 0. The molecule has 1 fully saturated rings. The largest absolute Gasteiger partial charge is 0.509 e. The molecule has 0 aromatic carbocycles. The van der Waals surface area contributed by atoms with Crippen LogP contribution in [0, 0.1) is 5.92 Å². The van der Waals surface area contributed by atoms with Crippen molar-refractivity contribution in [1.82, 2.24) is 4.90 Å². The Bertz CT molecular complexity index is 451. The minimum atomic E-state index is -0.648. The number of amides is 1. The van der Waals surface area contributed by atoms with Crippen molar-refractivity contribution in [1.29, 1.82) is 0 Å². The molecule has 0 aromatic rings. The van der Waals surface area contributed by atoms with E-state index >= 15 is 0 Å². The van der Waals surface area contributed by atoms with Crippen LogP contribution in [0.4, 0.5) is 9.59 Å². The number of fused-ring (bicyclic) bond motifs is 1. The van der Waals surface area contributed by atoms with Gasteiger partial charge in [0.2, 0.25) is 0 Å². The first-order valence-electron chi connectivity index (χ1n) is 7.21. The zero-order valence-corrected chi connectivity index (χ0v) is 13.0. The Hall–Kier alpha value is -1.72. The van der Waals surface area contributed by atoms with Crippen LogP contribution in [0.2, 0.25) is 0 Å². The van der Waals surface area contributed by atoms with Crippen LogP contribution in [0.1, 0.15) is 33.6 Å². The molecule has 1 amide bonds. The van der Waals surface area contributed by atoms with E-state index in [0.29, 0.717) is 13.1 Å². The molecule has 21 heavy (non-hydrogen) atoms. The van der Waals surface area contributed by atoms with E-state index in [1.807, 2.05) is 0 Å². The van der Waals surface area contributed by atoms with Gasteiger partial charge in [0, 0.05) is 19.0 Å². The third-order valence-corrected chi connectivity index (χ3v) is 3.64. The molecule has 6 nitrogen and oxygen atoms in total. The first-order valence-corrected chi connectivity index (χ1v) is 7.21. The predicted molar refractivity (Wildman–Crippen MR) is 75.9 cm³/mol. The first kappa shape index (κ1) is 15.7. The van der Waals surface area contributed by atoms with E-state index in [9.17, 15) is 9.59 Å². The molecule has 0 N–H and O–H groups in total. The number of hydrogen-bond acceptors (Lipinski definition) is 5. The molecule has 0 saturated carbocycles. The number of rotatable bonds is 1. The number of likely N-dealkylation sites (tertiary alicyclic amines) is 1. The van der Waals surface area contributed by atoms with E-state index in [1.54, 1.807) is 25.7 Å². The number of carbonyl (C=O) groups excluding carboxylic acids is 2. The van der Waals surface area contributed by atoms with Gasteiger partial charge in [0.15, 0.2) is 0 Å². The molecule has 2 rings (SSSR count). The molecule has 1 saturated heterocycles. The molecule has 2 aliphatic rings. The Morgan fingerprint density at radius 2 is 2.05 bits per heavy atom. The molecule has 0 radical (unpaired) electrons. The second-order valence-corrected chi connectivity index (χ2v) is 6.43. The Morgan fingerprint density at radius 1 is 1.33 bits per heavy atom. The van der Waals surface area contributed by atoms with Crippen molar-refractivity contribution in [3.63, 3.8) is 0 Å². The Kier molecular flexibility index (Phi) is 4.44. The Labute approximate surface area is 125 Å². The van der Waals surface area contributed by atoms with E-state index in [4.69, 9.17) is 14.2 Å². The van der Waals surface area contributed by atoms with E-state index in [1.165, 1.54) is 7.11 Å². The van der Waals surface area contributed by atoms with Gasteiger partial charge in [-0.15, -0.1) is 0 Å². The van der Waals surface area contributed by atoms with Crippen molar-refractivity contribution in [2.24, 2.45) is 5.92 Å². The maximum atomic E-state index is 11.8. The summed E-state index contributed by atoms with van der Waals surface area (Å²) >= 11 is 0. The van der Waals surface area contributed by atoms with Gasteiger partial charge in [-0.25, -0.2) is 9.59 Å². The van der Waals surface area contributed by atoms with Crippen molar-refractivity contribution in [2.75, 3.05) is 20.2 Å². The van der Waals surface area contributed by atoms with Crippen LogP contribution in [-0.2, 0) is 14.2 Å². The lowest BCUT2D eigenvalue weighted by molar-refractivity contribution is -0.0381. The van der Waals surface area contributed by atoms with Gasteiger partial charge in [-0.1, -0.05) is 6.08 Å². The summed E-state index contributed by atoms with van der Waals surface area (Å²) in [5.41, 5.74) is 0.568. The smallest absolute Gasteiger partial charge is 0.453 e. The fraction of sp³-hybridized carbons (Fsp3) is 0.733.